The normalized spacial score (nSPS) is 15.5. The molecule has 2 rings (SSSR count). The Hall–Kier alpha value is -1.62. The van der Waals surface area contributed by atoms with Crippen LogP contribution >= 0.6 is 0 Å². The van der Waals surface area contributed by atoms with E-state index < -0.39 is 0 Å². The molecule has 0 unspecified atom stereocenters. The first-order valence-electron chi connectivity index (χ1n) is 5.73. The van der Waals surface area contributed by atoms with Crippen molar-refractivity contribution in [2.45, 2.75) is 25.8 Å². The van der Waals surface area contributed by atoms with Gasteiger partial charge in [-0.3, -0.25) is 9.78 Å². The van der Waals surface area contributed by atoms with E-state index >= 15 is 0 Å². The molecule has 0 spiro atoms. The largest absolute Gasteiger partial charge is 0.359 e. The SMILES string of the molecule is CC(C)(N)CCN1CC(=O)Nc2ccncc21. The first kappa shape index (κ1) is 11.9. The highest BCUT2D eigenvalue weighted by atomic mass is 16.2. The Morgan fingerprint density at radius 1 is 1.59 bits per heavy atom. The van der Waals surface area contributed by atoms with E-state index in [9.17, 15) is 4.79 Å². The molecule has 0 fully saturated rings. The Balaban J connectivity index is 2.15. The van der Waals surface area contributed by atoms with E-state index in [4.69, 9.17) is 5.73 Å². The summed E-state index contributed by atoms with van der Waals surface area (Å²) in [4.78, 5) is 17.7. The Bertz CT molecular complexity index is 425. The Morgan fingerprint density at radius 3 is 3.06 bits per heavy atom. The first-order chi connectivity index (χ1) is 7.96. The number of nitrogens with one attached hydrogen (secondary N) is 1. The van der Waals surface area contributed by atoms with Crippen LogP contribution in [0.2, 0.25) is 0 Å². The second-order valence-electron chi connectivity index (χ2n) is 5.10. The monoisotopic (exact) mass is 234 g/mol. The molecule has 2 heterocycles. The van der Waals surface area contributed by atoms with Crippen molar-refractivity contribution in [3.63, 3.8) is 0 Å². The van der Waals surface area contributed by atoms with E-state index in [1.54, 1.807) is 12.4 Å². The molecule has 1 aromatic rings. The quantitative estimate of drug-likeness (QED) is 0.817. The van der Waals surface area contributed by atoms with Gasteiger partial charge in [-0.2, -0.15) is 0 Å². The molecule has 1 aliphatic rings. The Labute approximate surface area is 101 Å². The maximum atomic E-state index is 11.6. The maximum Gasteiger partial charge on any atom is 0.243 e. The highest BCUT2D eigenvalue weighted by Crippen LogP contribution is 2.28. The van der Waals surface area contributed by atoms with Crippen molar-refractivity contribution >= 4 is 17.3 Å². The number of hydrogen-bond donors (Lipinski definition) is 2. The molecule has 0 radical (unpaired) electrons. The van der Waals surface area contributed by atoms with Gasteiger partial charge in [0.1, 0.15) is 0 Å². The van der Waals surface area contributed by atoms with Crippen molar-refractivity contribution in [2.75, 3.05) is 23.3 Å². The number of fused-ring (bicyclic) bond motifs is 1. The van der Waals surface area contributed by atoms with Crippen LogP contribution in [0.25, 0.3) is 0 Å². The van der Waals surface area contributed by atoms with Crippen molar-refractivity contribution in [1.82, 2.24) is 4.98 Å². The van der Waals surface area contributed by atoms with Crippen LogP contribution < -0.4 is 16.0 Å². The highest BCUT2D eigenvalue weighted by Gasteiger charge is 2.23. The molecule has 0 saturated carbocycles. The van der Waals surface area contributed by atoms with Gasteiger partial charge in [0.05, 0.1) is 24.1 Å². The average Bonchev–Trinajstić information content (AvgIpc) is 2.24. The zero-order chi connectivity index (χ0) is 12.5. The third kappa shape index (κ3) is 2.94. The van der Waals surface area contributed by atoms with Crippen molar-refractivity contribution in [2.24, 2.45) is 5.73 Å². The fourth-order valence-corrected chi connectivity index (χ4v) is 1.81. The highest BCUT2D eigenvalue weighted by molar-refractivity contribution is 6.00. The molecule has 0 atom stereocenters. The number of nitrogens with two attached hydrogens (primary N) is 1. The van der Waals surface area contributed by atoms with Crippen LogP contribution in [-0.2, 0) is 4.79 Å². The third-order valence-electron chi connectivity index (χ3n) is 2.78. The number of amides is 1. The van der Waals surface area contributed by atoms with Crippen LogP contribution in [0.1, 0.15) is 20.3 Å². The lowest BCUT2D eigenvalue weighted by atomic mass is 10.0. The van der Waals surface area contributed by atoms with Crippen LogP contribution in [0.5, 0.6) is 0 Å². The number of carbonyl (C=O) groups is 1. The van der Waals surface area contributed by atoms with Crippen molar-refractivity contribution in [3.05, 3.63) is 18.5 Å². The summed E-state index contributed by atoms with van der Waals surface area (Å²) in [5.41, 5.74) is 7.53. The minimum absolute atomic E-state index is 0.0125. The molecular weight excluding hydrogens is 216 g/mol. The number of anilines is 2. The van der Waals surface area contributed by atoms with Gasteiger partial charge in [0.2, 0.25) is 5.91 Å². The van der Waals surface area contributed by atoms with Gasteiger partial charge in [0.15, 0.2) is 0 Å². The van der Waals surface area contributed by atoms with E-state index in [-0.39, 0.29) is 11.4 Å². The molecule has 1 aromatic heterocycles. The molecule has 5 nitrogen and oxygen atoms in total. The standard InChI is InChI=1S/C12H18N4O/c1-12(2,13)4-6-16-8-11(17)15-9-3-5-14-7-10(9)16/h3,5,7H,4,6,8,13H2,1-2H3,(H,15,17). The molecule has 17 heavy (non-hydrogen) atoms. The van der Waals surface area contributed by atoms with Crippen molar-refractivity contribution in [3.8, 4) is 0 Å². The van der Waals surface area contributed by atoms with Gasteiger partial charge in [0, 0.05) is 18.3 Å². The molecule has 0 aromatic carbocycles. The summed E-state index contributed by atoms with van der Waals surface area (Å²) in [6, 6.07) is 1.81. The number of hydrogen-bond acceptors (Lipinski definition) is 4. The second-order valence-corrected chi connectivity index (χ2v) is 5.10. The number of carbonyl (C=O) groups excluding carboxylic acids is 1. The number of pyridine rings is 1. The molecule has 1 amide bonds. The summed E-state index contributed by atoms with van der Waals surface area (Å²) in [6.45, 7) is 5.10. The molecule has 92 valence electrons. The van der Waals surface area contributed by atoms with Gasteiger partial charge < -0.3 is 16.0 Å². The Morgan fingerprint density at radius 2 is 2.35 bits per heavy atom. The van der Waals surface area contributed by atoms with Crippen LogP contribution in [0.3, 0.4) is 0 Å². The fraction of sp³-hybridized carbons (Fsp3) is 0.500. The molecule has 0 bridgehead atoms. The smallest absolute Gasteiger partial charge is 0.243 e. The minimum atomic E-state index is -0.226. The van der Waals surface area contributed by atoms with Gasteiger partial charge in [-0.25, -0.2) is 0 Å². The van der Waals surface area contributed by atoms with Crippen LogP contribution in [0.4, 0.5) is 11.4 Å². The lowest BCUT2D eigenvalue weighted by Gasteiger charge is -2.32. The summed E-state index contributed by atoms with van der Waals surface area (Å²) >= 11 is 0. The van der Waals surface area contributed by atoms with E-state index in [1.165, 1.54) is 0 Å². The van der Waals surface area contributed by atoms with Crippen molar-refractivity contribution < 1.29 is 4.79 Å². The summed E-state index contributed by atoms with van der Waals surface area (Å²) in [5, 5.41) is 2.84. The zero-order valence-corrected chi connectivity index (χ0v) is 10.2. The average molecular weight is 234 g/mol. The molecule has 0 saturated heterocycles. The number of aromatic nitrogens is 1. The molecule has 1 aliphatic heterocycles. The molecule has 3 N–H and O–H groups in total. The lowest BCUT2D eigenvalue weighted by molar-refractivity contribution is -0.115. The van der Waals surface area contributed by atoms with E-state index in [2.05, 4.69) is 10.3 Å². The number of nitrogens with zero attached hydrogens (tertiary/aromatic N) is 2. The van der Waals surface area contributed by atoms with Gasteiger partial charge in [-0.05, 0) is 26.3 Å². The zero-order valence-electron chi connectivity index (χ0n) is 10.2. The summed E-state index contributed by atoms with van der Waals surface area (Å²) in [5.74, 6) is 0.0125. The lowest BCUT2D eigenvalue weighted by Crippen LogP contribution is -2.42. The first-order valence-corrected chi connectivity index (χ1v) is 5.73. The van der Waals surface area contributed by atoms with E-state index in [0.29, 0.717) is 6.54 Å². The van der Waals surface area contributed by atoms with E-state index in [1.807, 2.05) is 24.8 Å². The van der Waals surface area contributed by atoms with Gasteiger partial charge in [-0.1, -0.05) is 0 Å². The predicted molar refractivity (Wildman–Crippen MR) is 68.0 cm³/mol. The maximum absolute atomic E-state index is 11.6. The number of rotatable bonds is 3. The molecular formula is C12H18N4O. The summed E-state index contributed by atoms with van der Waals surface area (Å²) < 4.78 is 0. The summed E-state index contributed by atoms with van der Waals surface area (Å²) in [6.07, 6.45) is 4.28. The predicted octanol–water partition coefficient (Wildman–Crippen LogP) is 0.967. The molecule has 5 heteroatoms. The molecule has 0 aliphatic carbocycles. The van der Waals surface area contributed by atoms with E-state index in [0.717, 1.165) is 24.3 Å². The summed E-state index contributed by atoms with van der Waals surface area (Å²) in [7, 11) is 0. The van der Waals surface area contributed by atoms with Crippen molar-refractivity contribution in [1.29, 1.82) is 0 Å². The van der Waals surface area contributed by atoms with Crippen LogP contribution in [-0.4, -0.2) is 29.5 Å². The topological polar surface area (TPSA) is 71.2 Å². The fourth-order valence-electron chi connectivity index (χ4n) is 1.81. The Kier molecular flexibility index (Phi) is 3.02. The second kappa shape index (κ2) is 4.33. The van der Waals surface area contributed by atoms with Gasteiger partial charge >= 0.3 is 0 Å². The van der Waals surface area contributed by atoms with Gasteiger partial charge in [0.25, 0.3) is 0 Å². The van der Waals surface area contributed by atoms with Gasteiger partial charge in [-0.15, -0.1) is 0 Å². The third-order valence-corrected chi connectivity index (χ3v) is 2.78. The minimum Gasteiger partial charge on any atom is -0.359 e. The van der Waals surface area contributed by atoms with Crippen LogP contribution in [0.15, 0.2) is 18.5 Å². The van der Waals surface area contributed by atoms with Crippen LogP contribution in [0, 0.1) is 0 Å².